The number of amides is 1. The minimum Gasteiger partial charge on any atom is -0.388 e. The van der Waals surface area contributed by atoms with Gasteiger partial charge in [0.1, 0.15) is 30.8 Å². The number of hydrogen-bond acceptors (Lipinski definition) is 5. The zero-order valence-electron chi connectivity index (χ0n) is 6.88. The highest BCUT2D eigenvalue weighted by Gasteiger charge is 2.21. The molecule has 0 spiro atoms. The van der Waals surface area contributed by atoms with Crippen LogP contribution in [0.5, 0.6) is 0 Å². The predicted octanol–water partition coefficient (Wildman–Crippen LogP) is -3.28. The number of hydrogen-bond donors (Lipinski definition) is 4. The molecule has 0 aromatic rings. The average Bonchev–Trinajstić information content (AvgIpc) is 2.12. The van der Waals surface area contributed by atoms with E-state index in [1.807, 2.05) is 0 Å². The first-order valence-electron chi connectivity index (χ1n) is 3.46. The molecule has 1 amide bonds. The number of aliphatic imine (C=N–C) groups is 1. The van der Waals surface area contributed by atoms with E-state index in [1.54, 1.807) is 0 Å². The first-order valence-corrected chi connectivity index (χ1v) is 3.46. The van der Waals surface area contributed by atoms with Crippen molar-refractivity contribution in [1.82, 2.24) is 0 Å². The van der Waals surface area contributed by atoms with Gasteiger partial charge in [0, 0.05) is 0 Å². The molecule has 7 N–H and O–H groups in total. The van der Waals surface area contributed by atoms with Crippen molar-refractivity contribution in [2.45, 2.75) is 12.1 Å². The quantitative estimate of drug-likeness (QED) is 0.203. The summed E-state index contributed by atoms with van der Waals surface area (Å²) in [5, 5.41) is 8.47. The summed E-state index contributed by atoms with van der Waals surface area (Å²) < 4.78 is 0. The van der Waals surface area contributed by atoms with E-state index in [4.69, 9.17) is 22.3 Å². The van der Waals surface area contributed by atoms with E-state index in [0.717, 1.165) is 0 Å². The van der Waals surface area contributed by atoms with Crippen LogP contribution in [0.15, 0.2) is 4.99 Å². The van der Waals surface area contributed by atoms with Gasteiger partial charge < -0.3 is 27.1 Å². The Labute approximate surface area is 74.6 Å². The fraction of sp³-hybridized carbons (Fsp3) is 0.500. The number of carbonyl (C=O) groups is 2. The van der Waals surface area contributed by atoms with Crippen LogP contribution in [0.3, 0.4) is 0 Å². The molecule has 0 rings (SSSR count). The van der Waals surface area contributed by atoms with Gasteiger partial charge in [-0.05, 0) is 0 Å². The largest absolute Gasteiger partial charge is 0.388 e. The number of amidine groups is 1. The molecule has 13 heavy (non-hydrogen) atoms. The highest BCUT2D eigenvalue weighted by molar-refractivity contribution is 5.88. The van der Waals surface area contributed by atoms with Crippen LogP contribution in [0.2, 0.25) is 0 Å². The van der Waals surface area contributed by atoms with Crippen molar-refractivity contribution in [1.29, 1.82) is 0 Å². The SMILES string of the molecule is NC(=O)C(N)C(C=O)N=C(N)CO. The Morgan fingerprint density at radius 3 is 2.38 bits per heavy atom. The lowest BCUT2D eigenvalue weighted by Gasteiger charge is -2.11. The third kappa shape index (κ3) is 3.63. The van der Waals surface area contributed by atoms with Crippen molar-refractivity contribution < 1.29 is 14.7 Å². The molecule has 0 aromatic heterocycles. The molecule has 2 unspecified atom stereocenters. The molecule has 0 radical (unpaired) electrons. The van der Waals surface area contributed by atoms with E-state index >= 15 is 0 Å². The third-order valence-corrected chi connectivity index (χ3v) is 1.31. The highest BCUT2D eigenvalue weighted by atomic mass is 16.3. The number of nitrogens with zero attached hydrogens (tertiary/aromatic N) is 1. The monoisotopic (exact) mass is 188 g/mol. The van der Waals surface area contributed by atoms with Gasteiger partial charge in [-0.15, -0.1) is 0 Å². The van der Waals surface area contributed by atoms with Crippen LogP contribution < -0.4 is 17.2 Å². The maximum atomic E-state index is 10.5. The van der Waals surface area contributed by atoms with E-state index in [2.05, 4.69) is 4.99 Å². The zero-order valence-corrected chi connectivity index (χ0v) is 6.88. The molecular formula is C6H12N4O3. The van der Waals surface area contributed by atoms with Gasteiger partial charge in [-0.2, -0.15) is 0 Å². The van der Waals surface area contributed by atoms with Crippen molar-refractivity contribution >= 4 is 18.0 Å². The third-order valence-electron chi connectivity index (χ3n) is 1.31. The Hall–Kier alpha value is -1.47. The fourth-order valence-electron chi connectivity index (χ4n) is 0.596. The molecule has 74 valence electrons. The number of aldehydes is 1. The van der Waals surface area contributed by atoms with Gasteiger partial charge in [-0.3, -0.25) is 9.79 Å². The molecule has 0 aliphatic carbocycles. The minimum absolute atomic E-state index is 0.172. The van der Waals surface area contributed by atoms with Crippen molar-refractivity contribution in [3.8, 4) is 0 Å². The number of aliphatic hydroxyl groups is 1. The maximum absolute atomic E-state index is 10.5. The fourth-order valence-corrected chi connectivity index (χ4v) is 0.596. The molecule has 0 aromatic carbocycles. The van der Waals surface area contributed by atoms with Crippen LogP contribution in [0.1, 0.15) is 0 Å². The molecule has 0 bridgehead atoms. The lowest BCUT2D eigenvalue weighted by atomic mass is 10.1. The predicted molar refractivity (Wildman–Crippen MR) is 45.7 cm³/mol. The van der Waals surface area contributed by atoms with Gasteiger partial charge >= 0.3 is 0 Å². The van der Waals surface area contributed by atoms with E-state index in [9.17, 15) is 9.59 Å². The summed E-state index contributed by atoms with van der Waals surface area (Å²) in [6.45, 7) is -0.504. The summed E-state index contributed by atoms with van der Waals surface area (Å²) in [6.07, 6.45) is 0.345. The van der Waals surface area contributed by atoms with Crippen LogP contribution >= 0.6 is 0 Å². The first-order chi connectivity index (χ1) is 6.02. The Kier molecular flexibility index (Phi) is 4.63. The molecule has 0 saturated heterocycles. The first kappa shape index (κ1) is 11.5. The number of aliphatic hydroxyl groups excluding tert-OH is 1. The maximum Gasteiger partial charge on any atom is 0.237 e. The summed E-state index contributed by atoms with van der Waals surface area (Å²) in [4.78, 5) is 24.4. The van der Waals surface area contributed by atoms with E-state index < -0.39 is 24.6 Å². The lowest BCUT2D eigenvalue weighted by molar-refractivity contribution is -0.121. The molecule has 2 atom stereocenters. The van der Waals surface area contributed by atoms with Crippen molar-refractivity contribution in [2.24, 2.45) is 22.2 Å². The van der Waals surface area contributed by atoms with Gasteiger partial charge in [0.05, 0.1) is 0 Å². The Morgan fingerprint density at radius 2 is 2.08 bits per heavy atom. The molecule has 0 fully saturated rings. The van der Waals surface area contributed by atoms with E-state index in [-0.39, 0.29) is 5.84 Å². The van der Waals surface area contributed by atoms with Gasteiger partial charge in [0.25, 0.3) is 0 Å². The molecular weight excluding hydrogens is 176 g/mol. The van der Waals surface area contributed by atoms with Crippen LogP contribution in [-0.4, -0.2) is 41.8 Å². The summed E-state index contributed by atoms with van der Waals surface area (Å²) in [7, 11) is 0. The van der Waals surface area contributed by atoms with Crippen molar-refractivity contribution in [3.05, 3.63) is 0 Å². The lowest BCUT2D eigenvalue weighted by Crippen LogP contribution is -2.46. The number of carbonyl (C=O) groups excluding carboxylic acids is 2. The second-order valence-corrected chi connectivity index (χ2v) is 2.33. The number of nitrogens with two attached hydrogens (primary N) is 3. The van der Waals surface area contributed by atoms with Crippen LogP contribution in [0.4, 0.5) is 0 Å². The Morgan fingerprint density at radius 1 is 1.54 bits per heavy atom. The summed E-state index contributed by atoms with van der Waals surface area (Å²) in [5.41, 5.74) is 15.2. The van der Waals surface area contributed by atoms with Gasteiger partial charge in [-0.1, -0.05) is 0 Å². The number of rotatable bonds is 5. The molecule has 0 saturated carbocycles. The van der Waals surface area contributed by atoms with Crippen molar-refractivity contribution in [2.75, 3.05) is 6.61 Å². The minimum atomic E-state index is -1.22. The van der Waals surface area contributed by atoms with Crippen LogP contribution in [-0.2, 0) is 9.59 Å². The summed E-state index contributed by atoms with van der Waals surface area (Å²) in [6, 6.07) is -2.35. The summed E-state index contributed by atoms with van der Waals surface area (Å²) >= 11 is 0. The molecule has 7 heteroatoms. The average molecular weight is 188 g/mol. The van der Waals surface area contributed by atoms with Crippen LogP contribution in [0, 0.1) is 0 Å². The summed E-state index contributed by atoms with van der Waals surface area (Å²) in [5.74, 6) is -1.03. The smallest absolute Gasteiger partial charge is 0.237 e. The Balaban J connectivity index is 4.51. The molecule has 0 aliphatic rings. The van der Waals surface area contributed by atoms with Gasteiger partial charge in [0.2, 0.25) is 5.91 Å². The van der Waals surface area contributed by atoms with Gasteiger partial charge in [0.15, 0.2) is 0 Å². The van der Waals surface area contributed by atoms with Gasteiger partial charge in [-0.25, -0.2) is 0 Å². The normalized spacial score (nSPS) is 16.3. The topological polar surface area (TPSA) is 145 Å². The van der Waals surface area contributed by atoms with Crippen LogP contribution in [0.25, 0.3) is 0 Å². The van der Waals surface area contributed by atoms with Crippen molar-refractivity contribution in [3.63, 3.8) is 0 Å². The number of primary amides is 1. The highest BCUT2D eigenvalue weighted by Crippen LogP contribution is 1.92. The molecule has 0 heterocycles. The molecule has 0 aliphatic heterocycles. The zero-order chi connectivity index (χ0) is 10.4. The second kappa shape index (κ2) is 5.22. The molecule has 7 nitrogen and oxygen atoms in total. The Bertz CT molecular complexity index is 228. The van der Waals surface area contributed by atoms with E-state index in [0.29, 0.717) is 6.29 Å². The second-order valence-electron chi connectivity index (χ2n) is 2.33. The van der Waals surface area contributed by atoms with E-state index in [1.165, 1.54) is 0 Å². The standard InChI is InChI=1S/C6H12N4O3/c7-4(2-12)10-3(1-11)5(8)6(9)13/h1,3,5,12H,2,8H2,(H2,7,10)(H2,9,13).